The van der Waals surface area contributed by atoms with Crippen molar-refractivity contribution < 1.29 is 13.5 Å². The van der Waals surface area contributed by atoms with Crippen LogP contribution in [0, 0.1) is 6.92 Å². The molecule has 1 atom stereocenters. The fourth-order valence-electron chi connectivity index (χ4n) is 1.93. The van der Waals surface area contributed by atoms with E-state index in [4.69, 9.17) is 0 Å². The smallest absolute Gasteiger partial charge is 0.205 e. The molecule has 4 heteroatoms. The van der Waals surface area contributed by atoms with Crippen LogP contribution in [0.1, 0.15) is 45.1 Å². The van der Waals surface area contributed by atoms with E-state index in [0.29, 0.717) is 12.8 Å². The van der Waals surface area contributed by atoms with Crippen LogP contribution in [0.2, 0.25) is 0 Å². The van der Waals surface area contributed by atoms with Gasteiger partial charge in [0, 0.05) is 0 Å². The lowest BCUT2D eigenvalue weighted by Gasteiger charge is -2.14. The summed E-state index contributed by atoms with van der Waals surface area (Å²) in [4.78, 5) is 0.385. The molecule has 0 aliphatic rings. The topological polar surface area (TPSA) is 54.4 Å². The van der Waals surface area contributed by atoms with Crippen LogP contribution in [0.3, 0.4) is 0 Å². The molecule has 0 amide bonds. The minimum absolute atomic E-state index is 0.136. The van der Waals surface area contributed by atoms with Gasteiger partial charge in [-0.25, -0.2) is 8.42 Å². The highest BCUT2D eigenvalue weighted by Gasteiger charge is 2.25. The molecule has 112 valence electrons. The van der Waals surface area contributed by atoms with E-state index in [-0.39, 0.29) is 9.80 Å². The first-order valence-corrected chi connectivity index (χ1v) is 8.61. The molecule has 0 bridgehead atoms. The molecule has 0 radical (unpaired) electrons. The number of unbranched alkanes of at least 4 members (excludes halogenated alkanes) is 2. The largest absolute Gasteiger partial charge is 0.388 e. The minimum Gasteiger partial charge on any atom is -0.388 e. The normalized spacial score (nSPS) is 14.3. The van der Waals surface area contributed by atoms with Gasteiger partial charge in [0.15, 0.2) is 0 Å². The Hall–Kier alpha value is -1.13. The molecular weight excluding hydrogens is 272 g/mol. The monoisotopic (exact) mass is 296 g/mol. The average Bonchev–Trinajstić information content (AvgIpc) is 2.43. The quantitative estimate of drug-likeness (QED) is 0.782. The van der Waals surface area contributed by atoms with Gasteiger partial charge in [-0.15, -0.1) is 0 Å². The number of sulfone groups is 1. The van der Waals surface area contributed by atoms with Crippen LogP contribution in [0.15, 0.2) is 40.1 Å². The maximum absolute atomic E-state index is 12.6. The van der Waals surface area contributed by atoms with Crippen molar-refractivity contribution in [1.29, 1.82) is 0 Å². The summed E-state index contributed by atoms with van der Waals surface area (Å²) >= 11 is 0. The highest BCUT2D eigenvalue weighted by molar-refractivity contribution is 7.95. The fraction of sp³-hybridized carbons (Fsp3) is 0.500. The van der Waals surface area contributed by atoms with E-state index in [1.54, 1.807) is 37.3 Å². The first kappa shape index (κ1) is 16.9. The van der Waals surface area contributed by atoms with E-state index in [9.17, 15) is 13.5 Å². The van der Waals surface area contributed by atoms with Crippen molar-refractivity contribution in [3.63, 3.8) is 0 Å². The number of aryl methyl sites for hydroxylation is 1. The summed E-state index contributed by atoms with van der Waals surface area (Å²) in [6, 6.07) is 6.74. The molecule has 0 saturated heterocycles. The standard InChI is InChI=1S/C16H24O3S/c1-4-6-7-8-16(15(17)5-2)20(18,19)14-11-9-13(3)10-12-14/h8-12,15,17H,4-7H2,1-3H3/b16-8+/t15-/m1/s1. The third-order valence-corrected chi connectivity index (χ3v) is 5.21. The van der Waals surface area contributed by atoms with Crippen LogP contribution < -0.4 is 0 Å². The molecule has 0 aliphatic carbocycles. The Balaban J connectivity index is 3.17. The van der Waals surface area contributed by atoms with Crippen molar-refractivity contribution in [1.82, 2.24) is 0 Å². The third-order valence-electron chi connectivity index (χ3n) is 3.26. The molecule has 0 heterocycles. The Labute approximate surface area is 122 Å². The zero-order valence-corrected chi connectivity index (χ0v) is 13.3. The molecule has 1 rings (SSSR count). The Morgan fingerprint density at radius 3 is 2.35 bits per heavy atom. The van der Waals surface area contributed by atoms with Crippen molar-refractivity contribution in [2.24, 2.45) is 0 Å². The van der Waals surface area contributed by atoms with Crippen LogP contribution in [0.25, 0.3) is 0 Å². The molecule has 0 fully saturated rings. The van der Waals surface area contributed by atoms with E-state index in [1.807, 2.05) is 6.92 Å². The van der Waals surface area contributed by atoms with Gasteiger partial charge in [-0.2, -0.15) is 0 Å². The number of aliphatic hydroxyl groups is 1. The maximum atomic E-state index is 12.6. The number of allylic oxidation sites excluding steroid dienone is 1. The van der Waals surface area contributed by atoms with Crippen LogP contribution in [0.5, 0.6) is 0 Å². The lowest BCUT2D eigenvalue weighted by molar-refractivity contribution is 0.213. The third kappa shape index (κ3) is 4.18. The second kappa shape index (κ2) is 7.60. The molecule has 0 aromatic heterocycles. The van der Waals surface area contributed by atoms with Gasteiger partial charge in [-0.1, -0.05) is 50.5 Å². The van der Waals surface area contributed by atoms with Crippen LogP contribution in [-0.4, -0.2) is 19.6 Å². The SMILES string of the molecule is CCCC/C=C(\[C@H](O)CC)S(=O)(=O)c1ccc(C)cc1. The first-order valence-electron chi connectivity index (χ1n) is 7.13. The van der Waals surface area contributed by atoms with E-state index >= 15 is 0 Å². The summed E-state index contributed by atoms with van der Waals surface area (Å²) in [6.45, 7) is 5.75. The molecule has 0 aliphatic heterocycles. The van der Waals surface area contributed by atoms with Gasteiger partial charge in [0.05, 0.1) is 15.9 Å². The highest BCUT2D eigenvalue weighted by atomic mass is 32.2. The number of hydrogen-bond donors (Lipinski definition) is 1. The Morgan fingerprint density at radius 2 is 1.85 bits per heavy atom. The van der Waals surface area contributed by atoms with Crippen molar-refractivity contribution in [2.45, 2.75) is 57.5 Å². The molecule has 0 spiro atoms. The van der Waals surface area contributed by atoms with Crippen molar-refractivity contribution in [2.75, 3.05) is 0 Å². The summed E-state index contributed by atoms with van der Waals surface area (Å²) in [5.41, 5.74) is 1.01. The van der Waals surface area contributed by atoms with E-state index in [1.165, 1.54) is 0 Å². The molecule has 1 N–H and O–H groups in total. The van der Waals surface area contributed by atoms with E-state index < -0.39 is 15.9 Å². The van der Waals surface area contributed by atoms with E-state index in [2.05, 4.69) is 6.92 Å². The number of aliphatic hydroxyl groups excluding tert-OH is 1. The molecule has 3 nitrogen and oxygen atoms in total. The number of hydrogen-bond acceptors (Lipinski definition) is 3. The molecule has 0 unspecified atom stereocenters. The zero-order valence-electron chi connectivity index (χ0n) is 12.5. The average molecular weight is 296 g/mol. The maximum Gasteiger partial charge on any atom is 0.205 e. The predicted molar refractivity (Wildman–Crippen MR) is 82.3 cm³/mol. The second-order valence-electron chi connectivity index (χ2n) is 4.99. The number of benzene rings is 1. The Kier molecular flexibility index (Phi) is 6.43. The number of rotatable bonds is 7. The lowest BCUT2D eigenvalue weighted by Crippen LogP contribution is -2.18. The fourth-order valence-corrected chi connectivity index (χ4v) is 3.56. The Bertz CT molecular complexity index is 542. The van der Waals surface area contributed by atoms with Crippen molar-refractivity contribution >= 4 is 9.84 Å². The van der Waals surface area contributed by atoms with Crippen molar-refractivity contribution in [3.8, 4) is 0 Å². The summed E-state index contributed by atoms with van der Waals surface area (Å²) in [5, 5.41) is 10.0. The summed E-state index contributed by atoms with van der Waals surface area (Å²) in [7, 11) is -3.60. The summed E-state index contributed by atoms with van der Waals surface area (Å²) < 4.78 is 25.2. The Morgan fingerprint density at radius 1 is 1.25 bits per heavy atom. The molecule has 0 saturated carbocycles. The summed E-state index contributed by atoms with van der Waals surface area (Å²) in [5.74, 6) is 0. The van der Waals surface area contributed by atoms with Gasteiger partial charge in [0.1, 0.15) is 0 Å². The molecule has 1 aromatic carbocycles. The summed E-state index contributed by atoms with van der Waals surface area (Å²) in [6.07, 6.45) is 3.72. The highest BCUT2D eigenvalue weighted by Crippen LogP contribution is 2.24. The van der Waals surface area contributed by atoms with Crippen LogP contribution >= 0.6 is 0 Å². The molecule has 1 aromatic rings. The molecular formula is C16H24O3S. The van der Waals surface area contributed by atoms with Gasteiger partial charge in [-0.3, -0.25) is 0 Å². The zero-order chi connectivity index (χ0) is 15.2. The van der Waals surface area contributed by atoms with Gasteiger partial charge in [-0.05, 0) is 31.9 Å². The van der Waals surface area contributed by atoms with E-state index in [0.717, 1.165) is 18.4 Å². The van der Waals surface area contributed by atoms with Gasteiger partial charge in [0.25, 0.3) is 0 Å². The van der Waals surface area contributed by atoms with Gasteiger partial charge >= 0.3 is 0 Å². The lowest BCUT2D eigenvalue weighted by atomic mass is 10.2. The molecule has 20 heavy (non-hydrogen) atoms. The van der Waals surface area contributed by atoms with Crippen LogP contribution in [-0.2, 0) is 9.84 Å². The first-order chi connectivity index (χ1) is 9.43. The van der Waals surface area contributed by atoms with Crippen molar-refractivity contribution in [3.05, 3.63) is 40.8 Å². The predicted octanol–water partition coefficient (Wildman–Crippen LogP) is 3.61. The second-order valence-corrected chi connectivity index (χ2v) is 6.94. The van der Waals surface area contributed by atoms with Gasteiger partial charge in [0.2, 0.25) is 9.84 Å². The van der Waals surface area contributed by atoms with Gasteiger partial charge < -0.3 is 5.11 Å². The van der Waals surface area contributed by atoms with Crippen LogP contribution in [0.4, 0.5) is 0 Å². The minimum atomic E-state index is -3.60.